The molecule has 18 heavy (non-hydrogen) atoms. The Hall–Kier alpha value is -0.380. The van der Waals surface area contributed by atoms with Gasteiger partial charge in [0.1, 0.15) is 0 Å². The topological polar surface area (TPSA) is 29.5 Å². The van der Waals surface area contributed by atoms with Crippen LogP contribution in [0.2, 0.25) is 0 Å². The Kier molecular flexibility index (Phi) is 7.56. The van der Waals surface area contributed by atoms with Gasteiger partial charge in [-0.25, -0.2) is 0 Å². The second-order valence-corrected chi connectivity index (χ2v) is 6.05. The highest BCUT2D eigenvalue weighted by molar-refractivity contribution is 9.10. The van der Waals surface area contributed by atoms with Crippen molar-refractivity contribution >= 4 is 15.9 Å². The van der Waals surface area contributed by atoms with Crippen LogP contribution in [-0.2, 0) is 11.2 Å². The second-order valence-electron chi connectivity index (χ2n) is 5.14. The van der Waals surface area contributed by atoms with Crippen LogP contribution < -0.4 is 0 Å². The van der Waals surface area contributed by atoms with E-state index in [1.807, 2.05) is 12.1 Å². The fourth-order valence-electron chi connectivity index (χ4n) is 1.78. The summed E-state index contributed by atoms with van der Waals surface area (Å²) in [5, 5.41) is 9.39. The number of ether oxygens (including phenoxy) is 1. The van der Waals surface area contributed by atoms with Crippen molar-refractivity contribution in [1.29, 1.82) is 0 Å². The van der Waals surface area contributed by atoms with Gasteiger partial charge in [-0.05, 0) is 42.4 Å². The summed E-state index contributed by atoms with van der Waals surface area (Å²) in [5.74, 6) is 0.863. The van der Waals surface area contributed by atoms with E-state index in [4.69, 9.17) is 4.74 Å². The van der Waals surface area contributed by atoms with Gasteiger partial charge in [-0.1, -0.05) is 41.9 Å². The highest BCUT2D eigenvalue weighted by Crippen LogP contribution is 2.16. The number of hydrogen-bond donors (Lipinski definition) is 1. The van der Waals surface area contributed by atoms with Gasteiger partial charge >= 0.3 is 0 Å². The summed E-state index contributed by atoms with van der Waals surface area (Å²) in [4.78, 5) is 0. The third kappa shape index (κ3) is 6.53. The van der Waals surface area contributed by atoms with Gasteiger partial charge in [-0.15, -0.1) is 0 Å². The molecule has 2 nitrogen and oxygen atoms in total. The molecule has 1 N–H and O–H groups in total. The molecule has 0 aromatic heterocycles. The van der Waals surface area contributed by atoms with Crippen molar-refractivity contribution in [2.75, 3.05) is 19.8 Å². The van der Waals surface area contributed by atoms with Gasteiger partial charge in [0.2, 0.25) is 0 Å². The number of aliphatic hydroxyl groups is 1. The van der Waals surface area contributed by atoms with Gasteiger partial charge < -0.3 is 9.84 Å². The normalized spacial score (nSPS) is 12.9. The molecule has 1 aromatic carbocycles. The molecule has 0 amide bonds. The summed E-state index contributed by atoms with van der Waals surface area (Å²) in [6, 6.07) is 8.28. The zero-order chi connectivity index (χ0) is 13.4. The van der Waals surface area contributed by atoms with Crippen molar-refractivity contribution in [3.8, 4) is 0 Å². The highest BCUT2D eigenvalue weighted by atomic mass is 79.9. The molecule has 0 bridgehead atoms. The number of rotatable bonds is 8. The molecule has 1 unspecified atom stereocenters. The van der Waals surface area contributed by atoms with Crippen molar-refractivity contribution < 1.29 is 9.84 Å². The van der Waals surface area contributed by atoms with E-state index in [1.54, 1.807) is 0 Å². The Morgan fingerprint density at radius 1 is 1.22 bits per heavy atom. The Bertz CT molecular complexity index is 322. The molecule has 1 rings (SSSR count). The van der Waals surface area contributed by atoms with Gasteiger partial charge in [-0.3, -0.25) is 0 Å². The van der Waals surface area contributed by atoms with Crippen molar-refractivity contribution in [2.45, 2.75) is 26.7 Å². The van der Waals surface area contributed by atoms with Crippen LogP contribution in [-0.4, -0.2) is 24.9 Å². The van der Waals surface area contributed by atoms with Gasteiger partial charge in [-0.2, -0.15) is 0 Å². The maximum absolute atomic E-state index is 9.39. The van der Waals surface area contributed by atoms with Crippen LogP contribution in [0.15, 0.2) is 28.7 Å². The number of hydrogen-bond acceptors (Lipinski definition) is 2. The van der Waals surface area contributed by atoms with Crippen molar-refractivity contribution in [3.05, 3.63) is 34.3 Å². The van der Waals surface area contributed by atoms with Gasteiger partial charge in [0.25, 0.3) is 0 Å². The SMILES string of the molecule is CC(C)COCCC(CO)Cc1ccc(Br)cc1. The molecule has 3 heteroatoms. The Morgan fingerprint density at radius 3 is 2.44 bits per heavy atom. The average molecular weight is 315 g/mol. The lowest BCUT2D eigenvalue weighted by Crippen LogP contribution is -2.14. The molecule has 102 valence electrons. The summed E-state index contributed by atoms with van der Waals surface area (Å²) in [6.45, 7) is 6.05. The molecular formula is C15H23BrO2. The molecule has 0 aliphatic heterocycles. The molecule has 0 fully saturated rings. The summed E-state index contributed by atoms with van der Waals surface area (Å²) < 4.78 is 6.66. The first-order chi connectivity index (χ1) is 8.61. The summed E-state index contributed by atoms with van der Waals surface area (Å²) in [5.41, 5.74) is 1.26. The molecule has 0 radical (unpaired) electrons. The van der Waals surface area contributed by atoms with Crippen LogP contribution in [0.3, 0.4) is 0 Å². The molecule has 0 aliphatic rings. The second kappa shape index (κ2) is 8.68. The quantitative estimate of drug-likeness (QED) is 0.742. The molecule has 0 spiro atoms. The number of halogens is 1. The van der Waals surface area contributed by atoms with Crippen LogP contribution in [0.1, 0.15) is 25.8 Å². The van der Waals surface area contributed by atoms with Gasteiger partial charge in [0.05, 0.1) is 0 Å². The summed E-state index contributed by atoms with van der Waals surface area (Å²) in [7, 11) is 0. The highest BCUT2D eigenvalue weighted by Gasteiger charge is 2.09. The Labute approximate surface area is 118 Å². The van der Waals surface area contributed by atoms with E-state index in [9.17, 15) is 5.11 Å². The third-order valence-corrected chi connectivity index (χ3v) is 3.35. The summed E-state index contributed by atoms with van der Waals surface area (Å²) >= 11 is 3.42. The van der Waals surface area contributed by atoms with Crippen LogP contribution >= 0.6 is 15.9 Å². The van der Waals surface area contributed by atoms with Crippen LogP contribution in [0.5, 0.6) is 0 Å². The van der Waals surface area contributed by atoms with E-state index in [0.29, 0.717) is 11.8 Å². The molecule has 1 aromatic rings. The first kappa shape index (κ1) is 15.7. The third-order valence-electron chi connectivity index (χ3n) is 2.82. The van der Waals surface area contributed by atoms with Gasteiger partial charge in [0, 0.05) is 24.3 Å². The van der Waals surface area contributed by atoms with Gasteiger partial charge in [0.15, 0.2) is 0 Å². The van der Waals surface area contributed by atoms with E-state index in [-0.39, 0.29) is 6.61 Å². The van der Waals surface area contributed by atoms with E-state index >= 15 is 0 Å². The predicted molar refractivity (Wildman–Crippen MR) is 78.7 cm³/mol. The lowest BCUT2D eigenvalue weighted by Gasteiger charge is -2.15. The maximum Gasteiger partial charge on any atom is 0.0488 e. The fraction of sp³-hybridized carbons (Fsp3) is 0.600. The minimum atomic E-state index is 0.223. The summed E-state index contributed by atoms with van der Waals surface area (Å²) in [6.07, 6.45) is 1.83. The Balaban J connectivity index is 2.30. The van der Waals surface area contributed by atoms with E-state index in [1.165, 1.54) is 5.56 Å². The monoisotopic (exact) mass is 314 g/mol. The number of aliphatic hydroxyl groups excluding tert-OH is 1. The lowest BCUT2D eigenvalue weighted by atomic mass is 9.97. The lowest BCUT2D eigenvalue weighted by molar-refractivity contribution is 0.0878. The first-order valence-electron chi connectivity index (χ1n) is 6.55. The average Bonchev–Trinajstić information content (AvgIpc) is 2.35. The van der Waals surface area contributed by atoms with Crippen molar-refractivity contribution in [2.24, 2.45) is 11.8 Å². The standard InChI is InChI=1S/C15H23BrO2/c1-12(2)11-18-8-7-14(10-17)9-13-3-5-15(16)6-4-13/h3-6,12,14,17H,7-11H2,1-2H3. The van der Waals surface area contributed by atoms with E-state index in [2.05, 4.69) is 41.9 Å². The molecule has 1 atom stereocenters. The molecule has 0 saturated carbocycles. The molecule has 0 aliphatic carbocycles. The Morgan fingerprint density at radius 2 is 1.89 bits per heavy atom. The number of benzene rings is 1. The van der Waals surface area contributed by atoms with Crippen LogP contribution in [0.4, 0.5) is 0 Å². The smallest absolute Gasteiger partial charge is 0.0488 e. The minimum Gasteiger partial charge on any atom is -0.396 e. The largest absolute Gasteiger partial charge is 0.396 e. The minimum absolute atomic E-state index is 0.223. The molecule has 0 saturated heterocycles. The maximum atomic E-state index is 9.39. The van der Waals surface area contributed by atoms with Crippen molar-refractivity contribution in [3.63, 3.8) is 0 Å². The van der Waals surface area contributed by atoms with E-state index < -0.39 is 0 Å². The zero-order valence-electron chi connectivity index (χ0n) is 11.2. The van der Waals surface area contributed by atoms with Crippen LogP contribution in [0.25, 0.3) is 0 Å². The van der Waals surface area contributed by atoms with Crippen LogP contribution in [0, 0.1) is 11.8 Å². The van der Waals surface area contributed by atoms with E-state index in [0.717, 1.165) is 30.5 Å². The molecule has 0 heterocycles. The first-order valence-corrected chi connectivity index (χ1v) is 7.34. The van der Waals surface area contributed by atoms with Crippen molar-refractivity contribution in [1.82, 2.24) is 0 Å². The zero-order valence-corrected chi connectivity index (χ0v) is 12.8. The fourth-order valence-corrected chi connectivity index (χ4v) is 2.05. The predicted octanol–water partition coefficient (Wildman–Crippen LogP) is 3.66. The molecular weight excluding hydrogens is 292 g/mol.